The largest absolute Gasteiger partial charge is 0.482 e. The van der Waals surface area contributed by atoms with Gasteiger partial charge in [-0.05, 0) is 40.5 Å². The lowest BCUT2D eigenvalue weighted by molar-refractivity contribution is 0.257. The summed E-state index contributed by atoms with van der Waals surface area (Å²) in [4.78, 5) is 0. The van der Waals surface area contributed by atoms with E-state index >= 15 is 0 Å². The molecule has 0 atom stereocenters. The molecule has 0 fully saturated rings. The lowest BCUT2D eigenvalue weighted by Crippen LogP contribution is -1.98. The van der Waals surface area contributed by atoms with E-state index in [2.05, 4.69) is 42.1 Å². The predicted molar refractivity (Wildman–Crippen MR) is 74.8 cm³/mol. The summed E-state index contributed by atoms with van der Waals surface area (Å²) in [7, 11) is 0. The van der Waals surface area contributed by atoms with Crippen LogP contribution < -0.4 is 4.74 Å². The maximum Gasteiger partial charge on any atom is 0.253 e. The van der Waals surface area contributed by atoms with Gasteiger partial charge in [-0.2, -0.15) is 0 Å². The second-order valence-electron chi connectivity index (χ2n) is 3.55. The number of rotatable bonds is 4. The number of benzene rings is 1. The average molecular weight is 396 g/mol. The summed E-state index contributed by atoms with van der Waals surface area (Å²) in [6.45, 7) is 2.17. The Bertz CT molecular complexity index is 537. The first kappa shape index (κ1) is 13.8. The van der Waals surface area contributed by atoms with Crippen LogP contribution in [0, 0.1) is 6.92 Å². The minimum atomic E-state index is 0.202. The highest BCUT2D eigenvalue weighted by Crippen LogP contribution is 2.32. The molecule has 0 unspecified atom stereocenters. The lowest BCUT2D eigenvalue weighted by Gasteiger charge is -2.09. The van der Waals surface area contributed by atoms with E-state index in [0.717, 1.165) is 20.3 Å². The Morgan fingerprint density at radius 3 is 2.61 bits per heavy atom. The van der Waals surface area contributed by atoms with Gasteiger partial charge in [-0.1, -0.05) is 15.9 Å². The molecular formula is C11H9Br2ClN2O2. The molecule has 0 aliphatic heterocycles. The van der Waals surface area contributed by atoms with Crippen LogP contribution >= 0.6 is 43.5 Å². The minimum Gasteiger partial charge on any atom is -0.482 e. The fraction of sp³-hybridized carbons (Fsp3) is 0.273. The molecule has 1 aromatic carbocycles. The highest BCUT2D eigenvalue weighted by atomic mass is 79.9. The second-order valence-corrected chi connectivity index (χ2v) is 5.58. The van der Waals surface area contributed by atoms with Gasteiger partial charge in [-0.3, -0.25) is 0 Å². The van der Waals surface area contributed by atoms with Gasteiger partial charge >= 0.3 is 0 Å². The Labute approximate surface area is 126 Å². The third-order valence-electron chi connectivity index (χ3n) is 2.16. The van der Waals surface area contributed by atoms with E-state index in [1.807, 2.05) is 19.1 Å². The van der Waals surface area contributed by atoms with Crippen LogP contribution in [0.3, 0.4) is 0 Å². The van der Waals surface area contributed by atoms with E-state index in [0.29, 0.717) is 11.8 Å². The molecule has 0 aliphatic carbocycles. The van der Waals surface area contributed by atoms with Crippen LogP contribution in [0.2, 0.25) is 0 Å². The van der Waals surface area contributed by atoms with E-state index in [1.54, 1.807) is 0 Å². The van der Waals surface area contributed by atoms with E-state index in [-0.39, 0.29) is 12.5 Å². The average Bonchev–Trinajstić information content (AvgIpc) is 2.75. The minimum absolute atomic E-state index is 0.202. The quantitative estimate of drug-likeness (QED) is 0.726. The van der Waals surface area contributed by atoms with Crippen molar-refractivity contribution in [1.29, 1.82) is 0 Å². The number of halogens is 3. The Morgan fingerprint density at radius 2 is 2.00 bits per heavy atom. The SMILES string of the molecule is Cc1cc(Br)cc(Br)c1OCc1nnc(CCl)o1. The molecule has 1 aromatic heterocycles. The van der Waals surface area contributed by atoms with Crippen molar-refractivity contribution in [3.05, 3.63) is 38.4 Å². The summed E-state index contributed by atoms with van der Waals surface area (Å²) in [5.41, 5.74) is 1.01. The zero-order chi connectivity index (χ0) is 13.1. The van der Waals surface area contributed by atoms with Gasteiger partial charge in [-0.15, -0.1) is 21.8 Å². The summed E-state index contributed by atoms with van der Waals surface area (Å²) in [5, 5.41) is 7.59. The smallest absolute Gasteiger partial charge is 0.253 e. The Hall–Kier alpha value is -0.590. The molecule has 0 bridgehead atoms. The fourth-order valence-electron chi connectivity index (χ4n) is 1.41. The van der Waals surface area contributed by atoms with Crippen LogP contribution in [0.1, 0.15) is 17.3 Å². The van der Waals surface area contributed by atoms with Crippen molar-refractivity contribution in [3.8, 4) is 5.75 Å². The van der Waals surface area contributed by atoms with Gasteiger partial charge < -0.3 is 9.15 Å². The van der Waals surface area contributed by atoms with Gasteiger partial charge in [-0.25, -0.2) is 0 Å². The highest BCUT2D eigenvalue weighted by molar-refractivity contribution is 9.11. The first-order valence-electron chi connectivity index (χ1n) is 5.06. The van der Waals surface area contributed by atoms with Crippen molar-refractivity contribution in [3.63, 3.8) is 0 Å². The monoisotopic (exact) mass is 394 g/mol. The first-order valence-corrected chi connectivity index (χ1v) is 7.18. The molecule has 4 nitrogen and oxygen atoms in total. The lowest BCUT2D eigenvalue weighted by atomic mass is 10.2. The van der Waals surface area contributed by atoms with Gasteiger partial charge in [0, 0.05) is 4.47 Å². The summed E-state index contributed by atoms with van der Waals surface area (Å²) in [5.74, 6) is 1.75. The molecular weight excluding hydrogens is 387 g/mol. The standard InChI is InChI=1S/C11H9Br2ClN2O2/c1-6-2-7(12)3-8(13)11(6)17-5-10-16-15-9(4-14)18-10/h2-3H,4-5H2,1H3. The summed E-state index contributed by atoms with van der Waals surface area (Å²) < 4.78 is 12.8. The van der Waals surface area contributed by atoms with Crippen LogP contribution in [-0.4, -0.2) is 10.2 Å². The van der Waals surface area contributed by atoms with Crippen LogP contribution in [0.25, 0.3) is 0 Å². The van der Waals surface area contributed by atoms with Crippen molar-refractivity contribution < 1.29 is 9.15 Å². The third kappa shape index (κ3) is 3.24. The number of aryl methyl sites for hydroxylation is 1. The molecule has 18 heavy (non-hydrogen) atoms. The van der Waals surface area contributed by atoms with Gasteiger partial charge in [0.25, 0.3) is 5.89 Å². The van der Waals surface area contributed by atoms with Crippen LogP contribution in [0.4, 0.5) is 0 Å². The second kappa shape index (κ2) is 6.04. The van der Waals surface area contributed by atoms with Crippen LogP contribution in [0.5, 0.6) is 5.75 Å². The number of nitrogens with zero attached hydrogens (tertiary/aromatic N) is 2. The summed E-state index contributed by atoms with van der Waals surface area (Å²) >= 11 is 12.4. The maximum atomic E-state index is 5.66. The van der Waals surface area contributed by atoms with Crippen LogP contribution in [-0.2, 0) is 12.5 Å². The zero-order valence-electron chi connectivity index (χ0n) is 9.41. The summed E-state index contributed by atoms with van der Waals surface area (Å²) in [6, 6.07) is 3.89. The molecule has 96 valence electrons. The van der Waals surface area contributed by atoms with Crippen molar-refractivity contribution in [2.75, 3.05) is 0 Å². The molecule has 0 aliphatic rings. The van der Waals surface area contributed by atoms with Gasteiger partial charge in [0.1, 0.15) is 11.6 Å². The molecule has 1 heterocycles. The first-order chi connectivity index (χ1) is 8.60. The molecule has 0 saturated heterocycles. The maximum absolute atomic E-state index is 5.66. The Balaban J connectivity index is 2.10. The molecule has 2 aromatic rings. The topological polar surface area (TPSA) is 48.2 Å². The van der Waals surface area contributed by atoms with E-state index in [1.165, 1.54) is 0 Å². The summed E-state index contributed by atoms with van der Waals surface area (Å²) in [6.07, 6.45) is 0. The van der Waals surface area contributed by atoms with E-state index in [9.17, 15) is 0 Å². The van der Waals surface area contributed by atoms with E-state index in [4.69, 9.17) is 20.8 Å². The Kier molecular flexibility index (Phi) is 4.64. The molecule has 0 amide bonds. The molecule has 0 radical (unpaired) electrons. The highest BCUT2D eigenvalue weighted by Gasteiger charge is 2.10. The van der Waals surface area contributed by atoms with Gasteiger partial charge in [0.05, 0.1) is 4.47 Å². The molecule has 0 N–H and O–H groups in total. The normalized spacial score (nSPS) is 10.7. The fourth-order valence-corrected chi connectivity index (χ4v) is 3.07. The van der Waals surface area contributed by atoms with Gasteiger partial charge in [0.2, 0.25) is 5.89 Å². The number of hydrogen-bond acceptors (Lipinski definition) is 4. The zero-order valence-corrected chi connectivity index (χ0v) is 13.3. The van der Waals surface area contributed by atoms with Crippen molar-refractivity contribution >= 4 is 43.5 Å². The number of aromatic nitrogens is 2. The molecule has 0 spiro atoms. The van der Waals surface area contributed by atoms with Crippen molar-refractivity contribution in [1.82, 2.24) is 10.2 Å². The number of hydrogen-bond donors (Lipinski definition) is 0. The van der Waals surface area contributed by atoms with E-state index < -0.39 is 0 Å². The van der Waals surface area contributed by atoms with Crippen molar-refractivity contribution in [2.24, 2.45) is 0 Å². The van der Waals surface area contributed by atoms with Crippen molar-refractivity contribution in [2.45, 2.75) is 19.4 Å². The molecule has 2 rings (SSSR count). The van der Waals surface area contributed by atoms with Crippen LogP contribution in [0.15, 0.2) is 25.5 Å². The predicted octanol–water partition coefficient (Wildman–Crippen LogP) is 4.22. The van der Waals surface area contributed by atoms with Gasteiger partial charge in [0.15, 0.2) is 6.61 Å². The molecule has 0 saturated carbocycles. The molecule has 7 heteroatoms. The third-order valence-corrected chi connectivity index (χ3v) is 3.43. The Morgan fingerprint density at radius 1 is 1.28 bits per heavy atom. The number of ether oxygens (including phenoxy) is 1. The number of alkyl halides is 1.